The average Bonchev–Trinajstić information content (AvgIpc) is 3.04. The summed E-state index contributed by atoms with van der Waals surface area (Å²) >= 11 is 0. The van der Waals surface area contributed by atoms with E-state index in [2.05, 4.69) is 4.74 Å². The quantitative estimate of drug-likeness (QED) is 0.624. The molecule has 2 aliphatic rings. The van der Waals surface area contributed by atoms with Crippen LogP contribution in [0.1, 0.15) is 5.56 Å². The topological polar surface area (TPSA) is 75.9 Å². The molecule has 1 aromatic rings. The summed E-state index contributed by atoms with van der Waals surface area (Å²) < 4.78 is 10.7. The molecule has 0 unspecified atom stereocenters. The molecule has 7 heteroatoms. The van der Waals surface area contributed by atoms with Gasteiger partial charge < -0.3 is 9.47 Å². The van der Waals surface area contributed by atoms with Crippen LogP contribution in [0.5, 0.6) is 0 Å². The first kappa shape index (κ1) is 15.9. The Hall–Kier alpha value is -2.96. The minimum atomic E-state index is -0.535. The third-order valence-corrected chi connectivity index (χ3v) is 3.95. The van der Waals surface area contributed by atoms with Crippen LogP contribution in [0.25, 0.3) is 0 Å². The summed E-state index contributed by atoms with van der Waals surface area (Å²) in [6.45, 7) is 0.517. The van der Waals surface area contributed by atoms with Crippen LogP contribution in [0.3, 0.4) is 0 Å². The van der Waals surface area contributed by atoms with Crippen LogP contribution in [0.2, 0.25) is 0 Å². The van der Waals surface area contributed by atoms with Crippen LogP contribution < -0.4 is 0 Å². The summed E-state index contributed by atoms with van der Waals surface area (Å²) in [6.07, 6.45) is 1.13. The normalized spacial score (nSPS) is 16.6. The Labute approximate surface area is 138 Å². The molecule has 24 heavy (non-hydrogen) atoms. The number of hydrogen-bond donors (Lipinski definition) is 0. The van der Waals surface area contributed by atoms with Crippen LogP contribution >= 0.6 is 0 Å². The Morgan fingerprint density at radius 3 is 2.67 bits per heavy atom. The van der Waals surface area contributed by atoms with Gasteiger partial charge in [-0.3, -0.25) is 4.90 Å². The van der Waals surface area contributed by atoms with Gasteiger partial charge in [-0.15, -0.1) is 0 Å². The summed E-state index contributed by atoms with van der Waals surface area (Å²) in [6, 6.07) is 9.36. The summed E-state index contributed by atoms with van der Waals surface area (Å²) in [5.74, 6) is -0.535. The zero-order chi connectivity index (χ0) is 17.1. The second-order valence-corrected chi connectivity index (χ2v) is 5.57. The van der Waals surface area contributed by atoms with Crippen LogP contribution in [-0.4, -0.2) is 48.5 Å². The lowest BCUT2D eigenvalue weighted by molar-refractivity contribution is -0.492. The first-order valence-electron chi connectivity index (χ1n) is 7.49. The van der Waals surface area contributed by atoms with Crippen LogP contribution in [0.4, 0.5) is 4.79 Å². The van der Waals surface area contributed by atoms with Crippen molar-refractivity contribution in [3.8, 4) is 0 Å². The van der Waals surface area contributed by atoms with Crippen LogP contribution in [0.15, 0.2) is 53.3 Å². The van der Waals surface area contributed by atoms with Gasteiger partial charge in [-0.25, -0.2) is 9.59 Å². The lowest BCUT2D eigenvalue weighted by Crippen LogP contribution is -2.30. The number of ether oxygens (including phenoxy) is 2. The number of rotatable bonds is 3. The molecule has 1 amide bonds. The van der Waals surface area contributed by atoms with E-state index >= 15 is 0 Å². The second kappa shape index (κ2) is 6.66. The summed E-state index contributed by atoms with van der Waals surface area (Å²) in [5, 5.41) is 0. The van der Waals surface area contributed by atoms with Crippen molar-refractivity contribution in [3.63, 3.8) is 0 Å². The van der Waals surface area contributed by atoms with Crippen molar-refractivity contribution >= 4 is 12.1 Å². The molecule has 0 radical (unpaired) electrons. The summed E-state index contributed by atoms with van der Waals surface area (Å²) in [7, 11) is 1.27. The van der Waals surface area contributed by atoms with Gasteiger partial charge in [-0.1, -0.05) is 30.3 Å². The number of carbonyl (C=O) groups is 2. The van der Waals surface area contributed by atoms with Crippen LogP contribution in [-0.2, 0) is 20.9 Å². The van der Waals surface area contributed by atoms with Gasteiger partial charge in [-0.05, 0) is 11.6 Å². The molecular weight excluding hydrogens is 312 g/mol. The largest absolute Gasteiger partial charge is 0.465 e. The molecule has 2 aliphatic heterocycles. The van der Waals surface area contributed by atoms with Crippen molar-refractivity contribution in [1.82, 2.24) is 4.90 Å². The lowest BCUT2D eigenvalue weighted by atomic mass is 10.1. The Morgan fingerprint density at radius 1 is 1.21 bits per heavy atom. The van der Waals surface area contributed by atoms with Crippen molar-refractivity contribution in [2.24, 2.45) is 0 Å². The van der Waals surface area contributed by atoms with E-state index in [1.807, 2.05) is 30.3 Å². The maximum Gasteiger partial charge on any atom is 0.410 e. The van der Waals surface area contributed by atoms with E-state index in [1.54, 1.807) is 6.08 Å². The standard InChI is InChI=1S/C17H17N2O5/c1-23-16(20)14-7-13-8-18(10-15(13)19(22)9-14)17(21)24-11-12-5-3-2-4-6-12/h2-7H,8-11H2,1H3/q+1. The molecule has 0 N–H and O–H groups in total. The Balaban J connectivity index is 1.63. The highest BCUT2D eigenvalue weighted by Gasteiger charge is 2.40. The number of carbonyl (C=O) groups excluding carboxylic acids is 2. The fourth-order valence-corrected chi connectivity index (χ4v) is 2.70. The molecule has 0 spiro atoms. The van der Waals surface area contributed by atoms with Gasteiger partial charge in [0.25, 0.3) is 5.70 Å². The number of benzene rings is 1. The number of nitroso groups, excluding NO2 is 1. The molecule has 7 nitrogen and oxygen atoms in total. The first-order valence-corrected chi connectivity index (χ1v) is 7.49. The van der Waals surface area contributed by atoms with Gasteiger partial charge in [0.1, 0.15) is 18.7 Å². The summed E-state index contributed by atoms with van der Waals surface area (Å²) in [4.78, 5) is 37.3. The highest BCUT2D eigenvalue weighted by atomic mass is 16.6. The Bertz CT molecular complexity index is 752. The molecule has 0 fully saturated rings. The molecule has 0 aromatic heterocycles. The molecule has 0 atom stereocenters. The van der Waals surface area contributed by atoms with Crippen LogP contribution in [0, 0.1) is 4.91 Å². The Morgan fingerprint density at radius 2 is 1.96 bits per heavy atom. The van der Waals surface area contributed by atoms with E-state index in [0.717, 1.165) is 10.3 Å². The molecule has 3 rings (SSSR count). The van der Waals surface area contributed by atoms with Crippen molar-refractivity contribution < 1.29 is 23.8 Å². The fourth-order valence-electron chi connectivity index (χ4n) is 2.70. The predicted molar refractivity (Wildman–Crippen MR) is 83.8 cm³/mol. The maximum absolute atomic E-state index is 12.2. The van der Waals surface area contributed by atoms with Crippen molar-refractivity contribution in [2.45, 2.75) is 6.61 Å². The Kier molecular flexibility index (Phi) is 4.41. The molecule has 0 saturated heterocycles. The van der Waals surface area contributed by atoms with Gasteiger partial charge >= 0.3 is 12.1 Å². The van der Waals surface area contributed by atoms with E-state index in [0.29, 0.717) is 11.3 Å². The third kappa shape index (κ3) is 3.19. The highest BCUT2D eigenvalue weighted by molar-refractivity contribution is 5.89. The van der Waals surface area contributed by atoms with E-state index < -0.39 is 12.1 Å². The zero-order valence-corrected chi connectivity index (χ0v) is 13.2. The smallest absolute Gasteiger partial charge is 0.410 e. The van der Waals surface area contributed by atoms with E-state index in [4.69, 9.17) is 4.74 Å². The minimum absolute atomic E-state index is 0.0710. The summed E-state index contributed by atoms with van der Waals surface area (Å²) in [5.41, 5.74) is 2.31. The molecule has 0 saturated carbocycles. The van der Waals surface area contributed by atoms with Gasteiger partial charge in [-0.2, -0.15) is 0 Å². The second-order valence-electron chi connectivity index (χ2n) is 5.57. The molecule has 2 heterocycles. The minimum Gasteiger partial charge on any atom is -0.465 e. The van der Waals surface area contributed by atoms with Gasteiger partial charge in [0.05, 0.1) is 13.7 Å². The highest BCUT2D eigenvalue weighted by Crippen LogP contribution is 2.26. The lowest BCUT2D eigenvalue weighted by Gasteiger charge is -2.14. The van der Waals surface area contributed by atoms with E-state index in [1.165, 1.54) is 12.0 Å². The zero-order valence-electron chi connectivity index (χ0n) is 13.2. The SMILES string of the molecule is COC(=O)C1=CC2=C(CN(C(=O)OCc3ccccc3)C2)[N+](=O)C1. The number of esters is 1. The van der Waals surface area contributed by atoms with Crippen molar-refractivity contribution in [2.75, 3.05) is 26.7 Å². The first-order chi connectivity index (χ1) is 11.6. The molecular formula is C17H17N2O5+. The van der Waals surface area contributed by atoms with Gasteiger partial charge in [0.15, 0.2) is 0 Å². The molecule has 0 aliphatic carbocycles. The number of nitrogens with zero attached hydrogens (tertiary/aromatic N) is 2. The van der Waals surface area contributed by atoms with Gasteiger partial charge in [0, 0.05) is 15.2 Å². The molecule has 124 valence electrons. The number of methoxy groups -OCH3 is 1. The third-order valence-electron chi connectivity index (χ3n) is 3.95. The molecule has 1 aromatic carbocycles. The van der Waals surface area contributed by atoms with E-state index in [-0.39, 0.29) is 31.8 Å². The van der Waals surface area contributed by atoms with E-state index in [9.17, 15) is 14.5 Å². The van der Waals surface area contributed by atoms with Crippen molar-refractivity contribution in [3.05, 3.63) is 63.7 Å². The van der Waals surface area contributed by atoms with Gasteiger partial charge in [0.2, 0.25) is 6.54 Å². The predicted octanol–water partition coefficient (Wildman–Crippen LogP) is 1.78. The monoisotopic (exact) mass is 329 g/mol. The van der Waals surface area contributed by atoms with Crippen molar-refractivity contribution in [1.29, 1.82) is 0 Å². The average molecular weight is 329 g/mol. The maximum atomic E-state index is 12.2. The fraction of sp³-hybridized carbons (Fsp3) is 0.294. The molecule has 0 bridgehead atoms. The number of hydrogen-bond acceptors (Lipinski definition) is 5. The number of amides is 1.